The van der Waals surface area contributed by atoms with E-state index in [4.69, 9.17) is 0 Å². The van der Waals surface area contributed by atoms with Crippen molar-refractivity contribution in [2.24, 2.45) is 0 Å². The standard InChI is InChI=1S/C14H20N4/c1-15-14(8-4-2-5-9-14)11-13-17-16-12-7-3-6-10-18(12)13/h3,6-7,10,15H,2,4-5,8-9,11H2,1H3. The quantitative estimate of drug-likeness (QED) is 0.900. The summed E-state index contributed by atoms with van der Waals surface area (Å²) in [5, 5.41) is 12.1. The van der Waals surface area contributed by atoms with Gasteiger partial charge in [0.25, 0.3) is 0 Å². The number of nitrogens with zero attached hydrogens (tertiary/aromatic N) is 3. The first-order chi connectivity index (χ1) is 8.83. The van der Waals surface area contributed by atoms with Crippen molar-refractivity contribution in [3.05, 3.63) is 30.2 Å². The average Bonchev–Trinajstić information content (AvgIpc) is 2.83. The lowest BCUT2D eigenvalue weighted by Crippen LogP contribution is -2.46. The molecule has 2 aromatic rings. The highest BCUT2D eigenvalue weighted by molar-refractivity contribution is 5.37. The SMILES string of the molecule is CNC1(Cc2nnc3ccccn23)CCCCC1. The average molecular weight is 244 g/mol. The van der Waals surface area contributed by atoms with E-state index in [0.717, 1.165) is 17.9 Å². The van der Waals surface area contributed by atoms with Crippen molar-refractivity contribution in [2.75, 3.05) is 7.05 Å². The fourth-order valence-electron chi connectivity index (χ4n) is 3.06. The van der Waals surface area contributed by atoms with E-state index >= 15 is 0 Å². The molecule has 1 N–H and O–H groups in total. The Morgan fingerprint density at radius 2 is 2.06 bits per heavy atom. The molecule has 0 bridgehead atoms. The summed E-state index contributed by atoms with van der Waals surface area (Å²) < 4.78 is 2.10. The third-order valence-electron chi connectivity index (χ3n) is 4.22. The van der Waals surface area contributed by atoms with Gasteiger partial charge >= 0.3 is 0 Å². The number of aromatic nitrogens is 3. The molecule has 1 saturated carbocycles. The van der Waals surface area contributed by atoms with Crippen molar-refractivity contribution in [1.82, 2.24) is 19.9 Å². The Balaban J connectivity index is 1.90. The molecule has 96 valence electrons. The van der Waals surface area contributed by atoms with Gasteiger partial charge in [-0.05, 0) is 32.0 Å². The van der Waals surface area contributed by atoms with Crippen molar-refractivity contribution in [2.45, 2.75) is 44.1 Å². The number of likely N-dealkylation sites (N-methyl/N-ethyl adjacent to an activating group) is 1. The van der Waals surface area contributed by atoms with Crippen LogP contribution >= 0.6 is 0 Å². The van der Waals surface area contributed by atoms with Crippen molar-refractivity contribution in [3.8, 4) is 0 Å². The largest absolute Gasteiger partial charge is 0.314 e. The van der Waals surface area contributed by atoms with Crippen LogP contribution in [0.25, 0.3) is 5.65 Å². The molecule has 2 heterocycles. The van der Waals surface area contributed by atoms with Crippen LogP contribution in [0.5, 0.6) is 0 Å². The van der Waals surface area contributed by atoms with Gasteiger partial charge < -0.3 is 5.32 Å². The third-order valence-corrected chi connectivity index (χ3v) is 4.22. The summed E-state index contributed by atoms with van der Waals surface area (Å²) in [7, 11) is 2.08. The molecule has 3 rings (SSSR count). The lowest BCUT2D eigenvalue weighted by atomic mass is 9.79. The Kier molecular flexibility index (Phi) is 3.04. The van der Waals surface area contributed by atoms with Gasteiger partial charge in [0, 0.05) is 18.2 Å². The molecule has 0 aliphatic heterocycles. The van der Waals surface area contributed by atoms with Gasteiger partial charge in [-0.15, -0.1) is 10.2 Å². The molecule has 2 aromatic heterocycles. The van der Waals surface area contributed by atoms with Gasteiger partial charge in [0.15, 0.2) is 5.65 Å². The normalized spacial score (nSPS) is 19.2. The van der Waals surface area contributed by atoms with E-state index in [1.807, 2.05) is 18.2 Å². The highest BCUT2D eigenvalue weighted by Crippen LogP contribution is 2.30. The second-order valence-corrected chi connectivity index (χ2v) is 5.31. The third kappa shape index (κ3) is 2.01. The van der Waals surface area contributed by atoms with Crippen LogP contribution in [-0.4, -0.2) is 27.2 Å². The van der Waals surface area contributed by atoms with Crippen LogP contribution in [0.3, 0.4) is 0 Å². The Morgan fingerprint density at radius 3 is 2.83 bits per heavy atom. The number of nitrogens with one attached hydrogen (secondary N) is 1. The van der Waals surface area contributed by atoms with Crippen molar-refractivity contribution < 1.29 is 0 Å². The lowest BCUT2D eigenvalue weighted by molar-refractivity contribution is 0.240. The van der Waals surface area contributed by atoms with E-state index in [1.54, 1.807) is 0 Å². The zero-order valence-electron chi connectivity index (χ0n) is 10.9. The molecule has 0 aromatic carbocycles. The van der Waals surface area contributed by atoms with Gasteiger partial charge in [0.05, 0.1) is 0 Å². The van der Waals surface area contributed by atoms with Gasteiger partial charge in [-0.2, -0.15) is 0 Å². The Morgan fingerprint density at radius 1 is 1.22 bits per heavy atom. The number of pyridine rings is 1. The first kappa shape index (κ1) is 11.7. The molecule has 1 fully saturated rings. The van der Waals surface area contributed by atoms with Crippen molar-refractivity contribution >= 4 is 5.65 Å². The minimum atomic E-state index is 0.219. The molecule has 1 aliphatic rings. The molecular weight excluding hydrogens is 224 g/mol. The fourth-order valence-corrected chi connectivity index (χ4v) is 3.06. The summed E-state index contributed by atoms with van der Waals surface area (Å²) in [4.78, 5) is 0. The maximum absolute atomic E-state index is 4.36. The second-order valence-electron chi connectivity index (χ2n) is 5.31. The van der Waals surface area contributed by atoms with Gasteiger partial charge in [-0.25, -0.2) is 0 Å². The smallest absolute Gasteiger partial charge is 0.160 e. The molecule has 0 spiro atoms. The van der Waals surface area contributed by atoms with E-state index in [1.165, 1.54) is 32.1 Å². The van der Waals surface area contributed by atoms with Gasteiger partial charge in [-0.1, -0.05) is 25.3 Å². The summed E-state index contributed by atoms with van der Waals surface area (Å²) in [6, 6.07) is 6.04. The zero-order valence-corrected chi connectivity index (χ0v) is 10.9. The van der Waals surface area contributed by atoms with E-state index < -0.39 is 0 Å². The van der Waals surface area contributed by atoms with Gasteiger partial charge in [-0.3, -0.25) is 4.40 Å². The van der Waals surface area contributed by atoms with Crippen LogP contribution in [0.1, 0.15) is 37.9 Å². The van der Waals surface area contributed by atoms with Crippen LogP contribution in [0.4, 0.5) is 0 Å². The predicted octanol–water partition coefficient (Wildman–Crippen LogP) is 2.19. The van der Waals surface area contributed by atoms with Crippen LogP contribution in [0, 0.1) is 0 Å². The molecule has 4 nitrogen and oxygen atoms in total. The molecule has 0 amide bonds. The molecule has 18 heavy (non-hydrogen) atoms. The van der Waals surface area contributed by atoms with Crippen molar-refractivity contribution in [3.63, 3.8) is 0 Å². The number of rotatable bonds is 3. The maximum Gasteiger partial charge on any atom is 0.160 e. The van der Waals surface area contributed by atoms with E-state index in [2.05, 4.69) is 33.2 Å². The Hall–Kier alpha value is -1.42. The van der Waals surface area contributed by atoms with Crippen LogP contribution in [0.2, 0.25) is 0 Å². The summed E-state index contributed by atoms with van der Waals surface area (Å²) in [5.74, 6) is 1.07. The number of fused-ring (bicyclic) bond motifs is 1. The first-order valence-corrected chi connectivity index (χ1v) is 6.81. The molecule has 0 atom stereocenters. The summed E-state index contributed by atoms with van der Waals surface area (Å²) >= 11 is 0. The topological polar surface area (TPSA) is 42.2 Å². The van der Waals surface area contributed by atoms with E-state index in [-0.39, 0.29) is 5.54 Å². The molecular formula is C14H20N4. The summed E-state index contributed by atoms with van der Waals surface area (Å²) in [6.45, 7) is 0. The molecule has 4 heteroatoms. The lowest BCUT2D eigenvalue weighted by Gasteiger charge is -2.36. The fraction of sp³-hybridized carbons (Fsp3) is 0.571. The predicted molar refractivity (Wildman–Crippen MR) is 71.6 cm³/mol. The summed E-state index contributed by atoms with van der Waals surface area (Å²) in [5.41, 5.74) is 1.16. The minimum Gasteiger partial charge on any atom is -0.314 e. The second kappa shape index (κ2) is 4.69. The van der Waals surface area contributed by atoms with Crippen LogP contribution in [-0.2, 0) is 6.42 Å². The van der Waals surface area contributed by atoms with Crippen LogP contribution in [0.15, 0.2) is 24.4 Å². The van der Waals surface area contributed by atoms with E-state index in [9.17, 15) is 0 Å². The molecule has 1 aliphatic carbocycles. The van der Waals surface area contributed by atoms with Crippen molar-refractivity contribution in [1.29, 1.82) is 0 Å². The van der Waals surface area contributed by atoms with Crippen LogP contribution < -0.4 is 5.32 Å². The number of hydrogen-bond acceptors (Lipinski definition) is 3. The molecule has 0 unspecified atom stereocenters. The molecule has 0 radical (unpaired) electrons. The van der Waals surface area contributed by atoms with Gasteiger partial charge in [0.1, 0.15) is 5.82 Å². The highest BCUT2D eigenvalue weighted by atomic mass is 15.2. The number of hydrogen-bond donors (Lipinski definition) is 1. The Bertz CT molecular complexity index is 525. The highest BCUT2D eigenvalue weighted by Gasteiger charge is 2.31. The maximum atomic E-state index is 4.36. The zero-order chi connectivity index (χ0) is 12.4. The monoisotopic (exact) mass is 244 g/mol. The minimum absolute atomic E-state index is 0.219. The van der Waals surface area contributed by atoms with E-state index in [0.29, 0.717) is 0 Å². The first-order valence-electron chi connectivity index (χ1n) is 6.81. The molecule has 0 saturated heterocycles. The van der Waals surface area contributed by atoms with Gasteiger partial charge in [0.2, 0.25) is 0 Å². The summed E-state index contributed by atoms with van der Waals surface area (Å²) in [6.07, 6.45) is 9.50. The Labute approximate surface area is 107 Å².